The van der Waals surface area contributed by atoms with Gasteiger partial charge in [-0.2, -0.15) is 0 Å². The first-order chi connectivity index (χ1) is 13.0. The van der Waals surface area contributed by atoms with Crippen LogP contribution in [-0.4, -0.2) is 77.5 Å². The maximum Gasteiger partial charge on any atom is 0.317 e. The molecule has 1 aliphatic heterocycles. The zero-order valence-electron chi connectivity index (χ0n) is 16.8. The first-order valence-electron chi connectivity index (χ1n) is 9.97. The van der Waals surface area contributed by atoms with Crippen LogP contribution in [0.3, 0.4) is 0 Å². The topological polar surface area (TPSA) is 64.1 Å². The number of amides is 1. The number of carbonyl (C=O) groups is 2. The molecule has 1 aromatic carbocycles. The van der Waals surface area contributed by atoms with Gasteiger partial charge < -0.3 is 10.0 Å². The van der Waals surface area contributed by atoms with Gasteiger partial charge in [0.15, 0.2) is 0 Å². The number of likely N-dealkylation sites (tertiary alicyclic amines) is 1. The molecule has 1 fully saturated rings. The average molecular weight is 376 g/mol. The second kappa shape index (κ2) is 10.4. The van der Waals surface area contributed by atoms with Gasteiger partial charge in [-0.25, -0.2) is 0 Å². The predicted molar refractivity (Wildman–Crippen MR) is 107 cm³/mol. The van der Waals surface area contributed by atoms with Gasteiger partial charge in [0.1, 0.15) is 6.04 Å². The van der Waals surface area contributed by atoms with Crippen molar-refractivity contribution in [3.05, 3.63) is 35.9 Å². The van der Waals surface area contributed by atoms with Gasteiger partial charge in [0.25, 0.3) is 0 Å². The molecule has 1 aromatic rings. The third kappa shape index (κ3) is 5.78. The Bertz CT molecular complexity index is 604. The maximum atomic E-state index is 13.3. The smallest absolute Gasteiger partial charge is 0.317 e. The van der Waals surface area contributed by atoms with E-state index in [1.165, 1.54) is 0 Å². The first kappa shape index (κ1) is 21.4. The minimum absolute atomic E-state index is 0.0607. The number of likely N-dealkylation sites (N-methyl/N-ethyl adjacent to an activating group) is 2. The lowest BCUT2D eigenvalue weighted by molar-refractivity contribution is -0.138. The third-order valence-corrected chi connectivity index (χ3v) is 5.53. The number of hydrogen-bond acceptors (Lipinski definition) is 4. The van der Waals surface area contributed by atoms with Gasteiger partial charge in [-0.1, -0.05) is 30.3 Å². The van der Waals surface area contributed by atoms with Gasteiger partial charge in [-0.3, -0.25) is 19.4 Å². The molecule has 0 saturated carbocycles. The van der Waals surface area contributed by atoms with Crippen molar-refractivity contribution in [3.63, 3.8) is 0 Å². The van der Waals surface area contributed by atoms with E-state index in [9.17, 15) is 9.59 Å². The number of rotatable bonds is 8. The van der Waals surface area contributed by atoms with E-state index < -0.39 is 5.97 Å². The summed E-state index contributed by atoms with van der Waals surface area (Å²) >= 11 is 0. The molecule has 27 heavy (non-hydrogen) atoms. The van der Waals surface area contributed by atoms with Crippen LogP contribution < -0.4 is 0 Å². The molecule has 0 radical (unpaired) electrons. The van der Waals surface area contributed by atoms with E-state index >= 15 is 0 Å². The largest absolute Gasteiger partial charge is 0.480 e. The van der Waals surface area contributed by atoms with Gasteiger partial charge in [0.2, 0.25) is 5.91 Å². The highest BCUT2D eigenvalue weighted by Crippen LogP contribution is 2.27. The van der Waals surface area contributed by atoms with Crippen LogP contribution in [0.5, 0.6) is 0 Å². The molecule has 2 rings (SSSR count). The van der Waals surface area contributed by atoms with Gasteiger partial charge in [-0.15, -0.1) is 0 Å². The number of benzene rings is 1. The minimum Gasteiger partial charge on any atom is -0.480 e. The highest BCUT2D eigenvalue weighted by molar-refractivity contribution is 5.83. The standard InChI is InChI=1S/C21H33N3O3/c1-4-23(5-2)21(27)20(17-10-7-6-8-11-17)24-14-9-12-18(13-15-24)22(3)16-19(25)26/h6-8,10-11,18,20H,4-5,9,12-16H2,1-3H3,(H,25,26). The van der Waals surface area contributed by atoms with Crippen molar-refractivity contribution >= 4 is 11.9 Å². The summed E-state index contributed by atoms with van der Waals surface area (Å²) in [5.74, 6) is -0.638. The lowest BCUT2D eigenvalue weighted by atomic mass is 10.0. The van der Waals surface area contributed by atoms with Gasteiger partial charge in [0.05, 0.1) is 6.54 Å². The molecule has 0 bridgehead atoms. The van der Waals surface area contributed by atoms with E-state index in [-0.39, 0.29) is 24.5 Å². The van der Waals surface area contributed by atoms with E-state index in [1.807, 2.05) is 61.0 Å². The lowest BCUT2D eigenvalue weighted by Crippen LogP contribution is -2.44. The summed E-state index contributed by atoms with van der Waals surface area (Å²) in [5, 5.41) is 9.06. The highest BCUT2D eigenvalue weighted by atomic mass is 16.4. The predicted octanol–water partition coefficient (Wildman–Crippen LogP) is 2.47. The van der Waals surface area contributed by atoms with Crippen LogP contribution in [0, 0.1) is 0 Å². The normalized spacial score (nSPS) is 19.5. The van der Waals surface area contributed by atoms with Crippen molar-refractivity contribution in [2.75, 3.05) is 39.8 Å². The fourth-order valence-electron chi connectivity index (χ4n) is 4.00. The molecule has 1 saturated heterocycles. The first-order valence-corrected chi connectivity index (χ1v) is 9.97. The Morgan fingerprint density at radius 3 is 2.41 bits per heavy atom. The second-order valence-electron chi connectivity index (χ2n) is 7.25. The van der Waals surface area contributed by atoms with Crippen molar-refractivity contribution in [1.82, 2.24) is 14.7 Å². The van der Waals surface area contributed by atoms with E-state index in [0.717, 1.165) is 37.9 Å². The number of nitrogens with zero attached hydrogens (tertiary/aromatic N) is 3. The molecular formula is C21H33N3O3. The molecule has 1 aliphatic rings. The van der Waals surface area contributed by atoms with Crippen molar-refractivity contribution < 1.29 is 14.7 Å². The molecule has 6 nitrogen and oxygen atoms in total. The second-order valence-corrected chi connectivity index (χ2v) is 7.25. The summed E-state index contributed by atoms with van der Waals surface area (Å²) in [4.78, 5) is 30.4. The maximum absolute atomic E-state index is 13.3. The summed E-state index contributed by atoms with van der Waals surface area (Å²) in [5.41, 5.74) is 1.03. The Balaban J connectivity index is 2.18. The SMILES string of the molecule is CCN(CC)C(=O)C(c1ccccc1)N1CCCC(N(C)CC(=O)O)CC1. The van der Waals surface area contributed by atoms with Crippen LogP contribution in [0.2, 0.25) is 0 Å². The van der Waals surface area contributed by atoms with Crippen LogP contribution in [0.15, 0.2) is 30.3 Å². The Morgan fingerprint density at radius 2 is 1.81 bits per heavy atom. The van der Waals surface area contributed by atoms with E-state index in [1.54, 1.807) is 0 Å². The van der Waals surface area contributed by atoms with E-state index in [4.69, 9.17) is 5.11 Å². The minimum atomic E-state index is -0.794. The molecule has 2 unspecified atom stereocenters. The summed E-state index contributed by atoms with van der Waals surface area (Å²) in [6.07, 6.45) is 2.80. The van der Waals surface area contributed by atoms with Crippen LogP contribution in [0.4, 0.5) is 0 Å². The fraction of sp³-hybridized carbons (Fsp3) is 0.619. The molecule has 1 heterocycles. The Labute approximate surface area is 162 Å². The van der Waals surface area contributed by atoms with Gasteiger partial charge in [-0.05, 0) is 52.3 Å². The summed E-state index contributed by atoms with van der Waals surface area (Å²) in [7, 11) is 1.88. The average Bonchev–Trinajstić information content (AvgIpc) is 2.90. The number of carbonyl (C=O) groups excluding carboxylic acids is 1. The van der Waals surface area contributed by atoms with Crippen molar-refractivity contribution in [1.29, 1.82) is 0 Å². The van der Waals surface area contributed by atoms with Crippen LogP contribution in [-0.2, 0) is 9.59 Å². The molecule has 1 amide bonds. The Morgan fingerprint density at radius 1 is 1.15 bits per heavy atom. The van der Waals surface area contributed by atoms with Crippen LogP contribution in [0.25, 0.3) is 0 Å². The van der Waals surface area contributed by atoms with Crippen LogP contribution >= 0.6 is 0 Å². The zero-order valence-corrected chi connectivity index (χ0v) is 16.8. The summed E-state index contributed by atoms with van der Waals surface area (Å²) in [6, 6.07) is 9.98. The van der Waals surface area contributed by atoms with E-state index in [0.29, 0.717) is 13.1 Å². The van der Waals surface area contributed by atoms with Gasteiger partial charge >= 0.3 is 5.97 Å². The third-order valence-electron chi connectivity index (χ3n) is 5.53. The molecular weight excluding hydrogens is 342 g/mol. The molecule has 6 heteroatoms. The van der Waals surface area contributed by atoms with E-state index in [2.05, 4.69) is 4.90 Å². The molecule has 0 aromatic heterocycles. The molecule has 2 atom stereocenters. The number of carboxylic acids is 1. The molecule has 0 aliphatic carbocycles. The molecule has 0 spiro atoms. The van der Waals surface area contributed by atoms with Crippen molar-refractivity contribution in [2.24, 2.45) is 0 Å². The monoisotopic (exact) mass is 375 g/mol. The highest BCUT2D eigenvalue weighted by Gasteiger charge is 2.32. The zero-order chi connectivity index (χ0) is 19.8. The Hall–Kier alpha value is -1.92. The van der Waals surface area contributed by atoms with Crippen molar-refractivity contribution in [3.8, 4) is 0 Å². The van der Waals surface area contributed by atoms with Crippen molar-refractivity contribution in [2.45, 2.75) is 45.2 Å². The fourth-order valence-corrected chi connectivity index (χ4v) is 4.00. The molecule has 1 N–H and O–H groups in total. The number of hydrogen-bond donors (Lipinski definition) is 1. The van der Waals surface area contributed by atoms with Crippen LogP contribution in [0.1, 0.15) is 44.7 Å². The lowest BCUT2D eigenvalue weighted by Gasteiger charge is -2.34. The molecule has 150 valence electrons. The quantitative estimate of drug-likeness (QED) is 0.756. The van der Waals surface area contributed by atoms with Gasteiger partial charge in [0, 0.05) is 25.7 Å². The number of aliphatic carboxylic acids is 1. The summed E-state index contributed by atoms with van der Waals surface area (Å²) in [6.45, 7) is 7.15. The number of carboxylic acid groups (broad SMARTS) is 1. The summed E-state index contributed by atoms with van der Waals surface area (Å²) < 4.78 is 0. The Kier molecular flexibility index (Phi) is 8.25.